The lowest BCUT2D eigenvalue weighted by molar-refractivity contribution is -0.165. The summed E-state index contributed by atoms with van der Waals surface area (Å²) >= 11 is 0. The quantitative estimate of drug-likeness (QED) is 0.248. The van der Waals surface area contributed by atoms with Gasteiger partial charge in [-0.25, -0.2) is 0 Å². The Bertz CT molecular complexity index is 674. The molecule has 0 aromatic heterocycles. The smallest absolute Gasteiger partial charge is 0.337 e. The Morgan fingerprint density at radius 2 is 1.76 bits per heavy atom. The minimum absolute atomic E-state index is 0.0123. The van der Waals surface area contributed by atoms with Gasteiger partial charge in [-0.1, -0.05) is 27.7 Å². The highest BCUT2D eigenvalue weighted by Gasteiger charge is 2.47. The summed E-state index contributed by atoms with van der Waals surface area (Å²) < 4.78 is 46.6. The van der Waals surface area contributed by atoms with Crippen molar-refractivity contribution < 1.29 is 42.2 Å². The van der Waals surface area contributed by atoms with Gasteiger partial charge in [0, 0.05) is 47.4 Å². The van der Waals surface area contributed by atoms with Gasteiger partial charge in [-0.05, 0) is 36.9 Å². The molecule has 1 aliphatic rings. The molecule has 0 radical (unpaired) electrons. The van der Waals surface area contributed by atoms with Crippen LogP contribution >= 0.6 is 7.60 Å². The van der Waals surface area contributed by atoms with Crippen molar-refractivity contribution in [2.24, 2.45) is 11.8 Å². The molecule has 1 heterocycles. The van der Waals surface area contributed by atoms with Gasteiger partial charge in [0.1, 0.15) is 18.0 Å². The molecule has 202 valence electrons. The molecule has 0 spiro atoms. The van der Waals surface area contributed by atoms with Crippen molar-refractivity contribution in [1.82, 2.24) is 0 Å². The SMILES string of the molecule is COC1C[C@@H](C[C@@H](C)C(=O)CP(=O)(OC)OC)[C@@H]([C@@H](OC)[C@@H](CCO)O[Si](C)(C)C(C)(C)C)O1. The van der Waals surface area contributed by atoms with Crippen molar-refractivity contribution in [3.05, 3.63) is 0 Å². The van der Waals surface area contributed by atoms with E-state index in [2.05, 4.69) is 33.9 Å². The number of rotatable bonds is 15. The van der Waals surface area contributed by atoms with Crippen LogP contribution in [0.1, 0.15) is 47.0 Å². The van der Waals surface area contributed by atoms with Crippen LogP contribution in [0.2, 0.25) is 18.1 Å². The second-order valence-electron chi connectivity index (χ2n) is 10.6. The predicted molar refractivity (Wildman–Crippen MR) is 134 cm³/mol. The first-order valence-corrected chi connectivity index (χ1v) is 16.5. The number of Topliss-reactive ketones (excluding diaryl/α,β-unsaturated/α-hetero) is 1. The summed E-state index contributed by atoms with van der Waals surface area (Å²) in [5.74, 6) is -0.631. The molecule has 0 aromatic carbocycles. The number of ketones is 1. The van der Waals surface area contributed by atoms with E-state index in [1.54, 1.807) is 14.2 Å². The number of hydrogen-bond donors (Lipinski definition) is 1. The molecule has 9 nitrogen and oxygen atoms in total. The fraction of sp³-hybridized carbons (Fsp3) is 0.957. The molecule has 0 aliphatic carbocycles. The monoisotopic (exact) mass is 526 g/mol. The van der Waals surface area contributed by atoms with Crippen LogP contribution < -0.4 is 0 Å². The first-order chi connectivity index (χ1) is 15.7. The molecule has 1 saturated heterocycles. The van der Waals surface area contributed by atoms with Crippen molar-refractivity contribution in [2.75, 3.05) is 41.2 Å². The lowest BCUT2D eigenvalue weighted by Gasteiger charge is -2.42. The standard InChI is InChI=1S/C23H47O9PSi/c1-16(18(25)15-33(26,29-7)30-8)13-17-14-20(27-5)31-21(17)22(28-6)19(11-12-24)32-34(9,10)23(2,3)4/h16-17,19-22,24H,11-15H2,1-10H3/t16-,17-,19-,20?,21+,22+/m1/s1. The van der Waals surface area contributed by atoms with Gasteiger partial charge in [0.25, 0.3) is 0 Å². The summed E-state index contributed by atoms with van der Waals surface area (Å²) in [4.78, 5) is 12.8. The van der Waals surface area contributed by atoms with Crippen LogP contribution in [-0.4, -0.2) is 85.0 Å². The number of carbonyl (C=O) groups is 1. The minimum Gasteiger partial charge on any atom is -0.411 e. The van der Waals surface area contributed by atoms with Crippen LogP contribution in [0.15, 0.2) is 0 Å². The lowest BCUT2D eigenvalue weighted by Crippen LogP contribution is -2.51. The Hall–Kier alpha value is -0.163. The van der Waals surface area contributed by atoms with Gasteiger partial charge < -0.3 is 32.8 Å². The summed E-state index contributed by atoms with van der Waals surface area (Å²) in [6.07, 6.45) is -0.397. The second-order valence-corrected chi connectivity index (χ2v) is 17.7. The average molecular weight is 527 g/mol. The van der Waals surface area contributed by atoms with Crippen molar-refractivity contribution in [1.29, 1.82) is 0 Å². The summed E-state index contributed by atoms with van der Waals surface area (Å²) in [5.41, 5.74) is 0. The van der Waals surface area contributed by atoms with E-state index >= 15 is 0 Å². The van der Waals surface area contributed by atoms with E-state index in [4.69, 9.17) is 27.7 Å². The third-order valence-electron chi connectivity index (χ3n) is 7.27. The Balaban J connectivity index is 3.11. The van der Waals surface area contributed by atoms with Crippen LogP contribution in [0.25, 0.3) is 0 Å². The molecule has 0 aromatic rings. The van der Waals surface area contributed by atoms with Gasteiger partial charge in [0.05, 0.1) is 12.2 Å². The Morgan fingerprint density at radius 1 is 1.18 bits per heavy atom. The number of ether oxygens (including phenoxy) is 3. The van der Waals surface area contributed by atoms with E-state index in [9.17, 15) is 14.5 Å². The Morgan fingerprint density at radius 3 is 2.21 bits per heavy atom. The maximum absolute atomic E-state index is 12.8. The Labute approximate surface area is 206 Å². The van der Waals surface area contributed by atoms with E-state index in [1.165, 1.54) is 14.2 Å². The summed E-state index contributed by atoms with van der Waals surface area (Å²) in [6.45, 7) is 12.6. The molecule has 1 N–H and O–H groups in total. The van der Waals surface area contributed by atoms with E-state index in [0.717, 1.165) is 0 Å². The van der Waals surface area contributed by atoms with E-state index < -0.39 is 28.3 Å². The molecule has 6 atom stereocenters. The number of aliphatic hydroxyl groups is 1. The third kappa shape index (κ3) is 8.46. The zero-order chi connectivity index (χ0) is 26.3. The van der Waals surface area contributed by atoms with Gasteiger partial charge in [-0.3, -0.25) is 9.36 Å². The molecule has 1 unspecified atom stereocenters. The molecule has 0 saturated carbocycles. The summed E-state index contributed by atoms with van der Waals surface area (Å²) in [7, 11) is 0.170. The van der Waals surface area contributed by atoms with Gasteiger partial charge in [0.15, 0.2) is 14.6 Å². The maximum Gasteiger partial charge on any atom is 0.337 e. The van der Waals surface area contributed by atoms with Crippen LogP contribution in [-0.2, 0) is 37.0 Å². The van der Waals surface area contributed by atoms with Gasteiger partial charge in [-0.2, -0.15) is 0 Å². The maximum atomic E-state index is 12.8. The second kappa shape index (κ2) is 13.4. The number of hydrogen-bond acceptors (Lipinski definition) is 9. The highest BCUT2D eigenvalue weighted by molar-refractivity contribution is 7.54. The van der Waals surface area contributed by atoms with Crippen LogP contribution in [0.3, 0.4) is 0 Å². The van der Waals surface area contributed by atoms with Crippen molar-refractivity contribution in [3.63, 3.8) is 0 Å². The largest absolute Gasteiger partial charge is 0.411 e. The number of aliphatic hydroxyl groups excluding tert-OH is 1. The molecule has 34 heavy (non-hydrogen) atoms. The lowest BCUT2D eigenvalue weighted by atomic mass is 9.85. The van der Waals surface area contributed by atoms with Crippen LogP contribution in [0, 0.1) is 11.8 Å². The first kappa shape index (κ1) is 31.9. The van der Waals surface area contributed by atoms with E-state index in [0.29, 0.717) is 19.3 Å². The van der Waals surface area contributed by atoms with Gasteiger partial charge in [0.2, 0.25) is 0 Å². The topological polar surface area (TPSA) is 110 Å². The van der Waals surface area contributed by atoms with E-state index in [1.807, 2.05) is 6.92 Å². The van der Waals surface area contributed by atoms with Crippen molar-refractivity contribution in [2.45, 2.75) is 89.7 Å². The fourth-order valence-electron chi connectivity index (χ4n) is 4.06. The van der Waals surface area contributed by atoms with Crippen molar-refractivity contribution >= 4 is 21.7 Å². The number of methoxy groups -OCH3 is 2. The number of carbonyl (C=O) groups excluding carboxylic acids is 1. The predicted octanol–water partition coefficient (Wildman–Crippen LogP) is 4.23. The molecule has 1 rings (SSSR count). The zero-order valence-electron chi connectivity index (χ0n) is 22.7. The molecule has 11 heteroatoms. The average Bonchev–Trinajstić information content (AvgIpc) is 3.15. The summed E-state index contributed by atoms with van der Waals surface area (Å²) in [6, 6.07) is 0. The molecule has 0 amide bonds. The molecule has 0 bridgehead atoms. The molecule has 1 aliphatic heterocycles. The third-order valence-corrected chi connectivity index (χ3v) is 13.6. The first-order valence-electron chi connectivity index (χ1n) is 11.9. The highest BCUT2D eigenvalue weighted by Crippen LogP contribution is 2.47. The highest BCUT2D eigenvalue weighted by atomic mass is 31.2. The van der Waals surface area contributed by atoms with E-state index in [-0.39, 0.29) is 47.6 Å². The van der Waals surface area contributed by atoms with Crippen LogP contribution in [0.5, 0.6) is 0 Å². The summed E-state index contributed by atoms with van der Waals surface area (Å²) in [5, 5.41) is 9.77. The van der Waals surface area contributed by atoms with Gasteiger partial charge in [-0.15, -0.1) is 0 Å². The normalized spacial score (nSPS) is 24.7. The zero-order valence-corrected chi connectivity index (χ0v) is 24.6. The molecular formula is C23H47O9PSi. The molecule has 1 fully saturated rings. The van der Waals surface area contributed by atoms with Crippen molar-refractivity contribution in [3.8, 4) is 0 Å². The Kier molecular flexibility index (Phi) is 12.6. The minimum atomic E-state index is -3.43. The fourth-order valence-corrected chi connectivity index (χ4v) is 6.52. The molecular weight excluding hydrogens is 479 g/mol. The van der Waals surface area contributed by atoms with Crippen LogP contribution in [0.4, 0.5) is 0 Å². The van der Waals surface area contributed by atoms with Gasteiger partial charge >= 0.3 is 7.60 Å².